The number of thiol groups is 2. The second kappa shape index (κ2) is 8.69. The largest absolute Gasteiger partial charge is 0.333 e. The Bertz CT molecular complexity index is 259. The molecule has 1 saturated heterocycles. The van der Waals surface area contributed by atoms with Gasteiger partial charge in [0.15, 0.2) is 0 Å². The lowest BCUT2D eigenvalue weighted by Crippen LogP contribution is -2.54. The lowest BCUT2D eigenvalue weighted by atomic mass is 10.2. The average Bonchev–Trinajstić information content (AvgIpc) is 2.37. The van der Waals surface area contributed by atoms with Crippen LogP contribution in [0, 0.1) is 0 Å². The van der Waals surface area contributed by atoms with Crippen LogP contribution in [-0.4, -0.2) is 59.3 Å². The molecule has 0 aliphatic carbocycles. The van der Waals surface area contributed by atoms with Gasteiger partial charge in [-0.2, -0.15) is 25.3 Å². The first-order valence-electron chi connectivity index (χ1n) is 6.50. The topological polar surface area (TPSA) is 40.6 Å². The van der Waals surface area contributed by atoms with Gasteiger partial charge in [0.1, 0.15) is 0 Å². The van der Waals surface area contributed by atoms with Crippen molar-refractivity contribution >= 4 is 37.1 Å². The van der Waals surface area contributed by atoms with Crippen molar-refractivity contribution in [1.82, 2.24) is 9.80 Å². The number of carbonyl (C=O) groups is 2. The number of hydrogen-bond donors (Lipinski definition) is 2. The standard InChI is InChI=1S/C12H22N2O2S2/c15-11-12(16)14(6-2-4-10-18)8-7-13(11)5-1-3-9-17/h17-18H,1-10H2. The van der Waals surface area contributed by atoms with Gasteiger partial charge in [-0.3, -0.25) is 9.59 Å². The summed E-state index contributed by atoms with van der Waals surface area (Å²) in [7, 11) is 0. The van der Waals surface area contributed by atoms with Crippen molar-refractivity contribution in [3.63, 3.8) is 0 Å². The highest BCUT2D eigenvalue weighted by molar-refractivity contribution is 7.80. The zero-order chi connectivity index (χ0) is 13.4. The van der Waals surface area contributed by atoms with Crippen LogP contribution < -0.4 is 0 Å². The number of piperazine rings is 1. The van der Waals surface area contributed by atoms with Crippen LogP contribution in [0.2, 0.25) is 0 Å². The fourth-order valence-corrected chi connectivity index (χ4v) is 2.42. The van der Waals surface area contributed by atoms with Gasteiger partial charge in [-0.15, -0.1) is 0 Å². The third kappa shape index (κ3) is 4.72. The fourth-order valence-electron chi connectivity index (χ4n) is 1.97. The van der Waals surface area contributed by atoms with Gasteiger partial charge in [0, 0.05) is 26.2 Å². The molecule has 0 aromatic carbocycles. The molecular weight excluding hydrogens is 268 g/mol. The second-order valence-electron chi connectivity index (χ2n) is 4.45. The van der Waals surface area contributed by atoms with Gasteiger partial charge >= 0.3 is 11.8 Å². The number of nitrogens with zero attached hydrogens (tertiary/aromatic N) is 2. The molecule has 18 heavy (non-hydrogen) atoms. The number of hydrogen-bond acceptors (Lipinski definition) is 4. The first kappa shape index (κ1) is 15.7. The molecule has 0 aromatic heterocycles. The number of rotatable bonds is 8. The van der Waals surface area contributed by atoms with Crippen molar-refractivity contribution in [1.29, 1.82) is 0 Å². The van der Waals surface area contributed by atoms with Gasteiger partial charge in [0.25, 0.3) is 0 Å². The Balaban J connectivity index is 2.35. The van der Waals surface area contributed by atoms with Crippen molar-refractivity contribution in [2.24, 2.45) is 0 Å². The summed E-state index contributed by atoms with van der Waals surface area (Å²) >= 11 is 8.27. The Hall–Kier alpha value is -0.360. The summed E-state index contributed by atoms with van der Waals surface area (Å²) < 4.78 is 0. The van der Waals surface area contributed by atoms with Crippen LogP contribution in [0.4, 0.5) is 0 Å². The third-order valence-electron chi connectivity index (χ3n) is 3.07. The van der Waals surface area contributed by atoms with Gasteiger partial charge in [-0.05, 0) is 37.2 Å². The molecule has 0 spiro atoms. The predicted octanol–water partition coefficient (Wildman–Crippen LogP) is 1.08. The quantitative estimate of drug-likeness (QED) is 0.399. The number of unbranched alkanes of at least 4 members (excludes halogenated alkanes) is 2. The maximum absolute atomic E-state index is 11.9. The molecule has 104 valence electrons. The molecule has 1 aliphatic heterocycles. The van der Waals surface area contributed by atoms with Crippen molar-refractivity contribution in [3.05, 3.63) is 0 Å². The molecule has 2 amide bonds. The van der Waals surface area contributed by atoms with E-state index in [9.17, 15) is 9.59 Å². The van der Waals surface area contributed by atoms with E-state index >= 15 is 0 Å². The molecule has 1 aliphatic rings. The Morgan fingerprint density at radius 1 is 0.778 bits per heavy atom. The molecule has 0 unspecified atom stereocenters. The highest BCUT2D eigenvalue weighted by Crippen LogP contribution is 2.08. The van der Waals surface area contributed by atoms with E-state index in [1.165, 1.54) is 0 Å². The molecular formula is C12H22N2O2S2. The van der Waals surface area contributed by atoms with E-state index in [1.54, 1.807) is 9.80 Å². The fraction of sp³-hybridized carbons (Fsp3) is 0.833. The lowest BCUT2D eigenvalue weighted by molar-refractivity contribution is -0.156. The summed E-state index contributed by atoms with van der Waals surface area (Å²) in [6, 6.07) is 0. The predicted molar refractivity (Wildman–Crippen MR) is 79.3 cm³/mol. The van der Waals surface area contributed by atoms with Crippen LogP contribution in [0.15, 0.2) is 0 Å². The van der Waals surface area contributed by atoms with Crippen LogP contribution in [0.1, 0.15) is 25.7 Å². The molecule has 0 saturated carbocycles. The highest BCUT2D eigenvalue weighted by atomic mass is 32.1. The summed E-state index contributed by atoms with van der Waals surface area (Å²) in [5, 5.41) is 0. The smallest absolute Gasteiger partial charge is 0.312 e. The average molecular weight is 290 g/mol. The first-order valence-corrected chi connectivity index (χ1v) is 7.77. The van der Waals surface area contributed by atoms with Gasteiger partial charge in [0.05, 0.1) is 0 Å². The second-order valence-corrected chi connectivity index (χ2v) is 5.34. The number of amides is 2. The van der Waals surface area contributed by atoms with E-state index in [-0.39, 0.29) is 11.8 Å². The minimum absolute atomic E-state index is 0.341. The number of carbonyl (C=O) groups excluding carboxylic acids is 2. The van der Waals surface area contributed by atoms with Crippen LogP contribution in [0.25, 0.3) is 0 Å². The first-order chi connectivity index (χ1) is 8.70. The van der Waals surface area contributed by atoms with Gasteiger partial charge in [0.2, 0.25) is 0 Å². The van der Waals surface area contributed by atoms with Gasteiger partial charge in [-0.25, -0.2) is 0 Å². The van der Waals surface area contributed by atoms with Gasteiger partial charge in [-0.1, -0.05) is 0 Å². The zero-order valence-corrected chi connectivity index (χ0v) is 12.5. The normalized spacial score (nSPS) is 16.6. The van der Waals surface area contributed by atoms with Crippen LogP contribution in [0.5, 0.6) is 0 Å². The van der Waals surface area contributed by atoms with E-state index in [0.717, 1.165) is 37.2 Å². The molecule has 0 aromatic rings. The van der Waals surface area contributed by atoms with Gasteiger partial charge < -0.3 is 9.80 Å². The van der Waals surface area contributed by atoms with E-state index in [2.05, 4.69) is 25.3 Å². The molecule has 0 atom stereocenters. The Labute approximate surface area is 120 Å². The Kier molecular flexibility index (Phi) is 7.58. The van der Waals surface area contributed by atoms with Crippen molar-refractivity contribution in [3.8, 4) is 0 Å². The molecule has 4 nitrogen and oxygen atoms in total. The SMILES string of the molecule is O=C1C(=O)N(CCCCS)CCN1CCCCS. The minimum Gasteiger partial charge on any atom is -0.333 e. The molecule has 1 fully saturated rings. The molecule has 0 bridgehead atoms. The van der Waals surface area contributed by atoms with E-state index < -0.39 is 0 Å². The van der Waals surface area contributed by atoms with Crippen LogP contribution >= 0.6 is 25.3 Å². The summed E-state index contributed by atoms with van der Waals surface area (Å²) in [6.07, 6.45) is 3.80. The monoisotopic (exact) mass is 290 g/mol. The maximum atomic E-state index is 11.9. The third-order valence-corrected chi connectivity index (χ3v) is 3.70. The summed E-state index contributed by atoms with van der Waals surface area (Å²) in [6.45, 7) is 2.68. The molecule has 0 N–H and O–H groups in total. The molecule has 1 heterocycles. The zero-order valence-electron chi connectivity index (χ0n) is 10.7. The Morgan fingerprint density at radius 2 is 1.17 bits per heavy atom. The van der Waals surface area contributed by atoms with Crippen molar-refractivity contribution < 1.29 is 9.59 Å². The van der Waals surface area contributed by atoms with E-state index in [1.807, 2.05) is 0 Å². The Morgan fingerprint density at radius 3 is 1.50 bits per heavy atom. The van der Waals surface area contributed by atoms with E-state index in [0.29, 0.717) is 26.2 Å². The summed E-state index contributed by atoms with van der Waals surface area (Å²) in [4.78, 5) is 27.1. The highest BCUT2D eigenvalue weighted by Gasteiger charge is 2.31. The van der Waals surface area contributed by atoms with Crippen LogP contribution in [0.3, 0.4) is 0 Å². The summed E-state index contributed by atoms with van der Waals surface area (Å²) in [5.74, 6) is 0.968. The van der Waals surface area contributed by atoms with Crippen LogP contribution in [-0.2, 0) is 9.59 Å². The molecule has 6 heteroatoms. The van der Waals surface area contributed by atoms with Crippen molar-refractivity contribution in [2.75, 3.05) is 37.7 Å². The lowest BCUT2D eigenvalue weighted by Gasteiger charge is -2.33. The molecule has 0 radical (unpaired) electrons. The van der Waals surface area contributed by atoms with Crippen molar-refractivity contribution in [2.45, 2.75) is 25.7 Å². The van der Waals surface area contributed by atoms with E-state index in [4.69, 9.17) is 0 Å². The minimum atomic E-state index is -0.341. The maximum Gasteiger partial charge on any atom is 0.312 e. The summed E-state index contributed by atoms with van der Waals surface area (Å²) in [5.41, 5.74) is 0. The molecule has 1 rings (SSSR count).